The largest absolute Gasteiger partial charge is 0.324 e. The molecule has 0 radical (unpaired) electrons. The molecule has 0 spiro atoms. The van der Waals surface area contributed by atoms with Crippen LogP contribution < -0.4 is 5.73 Å². The Morgan fingerprint density at radius 3 is 2.43 bits per heavy atom. The minimum Gasteiger partial charge on any atom is -0.324 e. The van der Waals surface area contributed by atoms with Gasteiger partial charge < -0.3 is 10.3 Å². The predicted octanol–water partition coefficient (Wildman–Crippen LogP) is 3.57. The number of rotatable bonds is 2. The highest BCUT2D eigenvalue weighted by atomic mass is 15.3. The molecule has 21 heavy (non-hydrogen) atoms. The summed E-state index contributed by atoms with van der Waals surface area (Å²) < 4.78 is 2.31. The van der Waals surface area contributed by atoms with Crippen LogP contribution in [-0.4, -0.2) is 14.8 Å². The summed E-state index contributed by atoms with van der Waals surface area (Å²) in [5.41, 5.74) is 5.88. The maximum absolute atomic E-state index is 5.87. The summed E-state index contributed by atoms with van der Waals surface area (Å²) >= 11 is 0. The second-order valence-corrected chi connectivity index (χ2v) is 8.00. The fourth-order valence-electron chi connectivity index (χ4n) is 4.57. The summed E-state index contributed by atoms with van der Waals surface area (Å²) in [6, 6.07) is 0. The molecule has 0 amide bonds. The van der Waals surface area contributed by atoms with Crippen LogP contribution in [0.4, 0.5) is 0 Å². The van der Waals surface area contributed by atoms with Crippen molar-refractivity contribution in [3.8, 4) is 0 Å². The van der Waals surface area contributed by atoms with Gasteiger partial charge in [-0.25, -0.2) is 0 Å². The molecule has 3 atom stereocenters. The van der Waals surface area contributed by atoms with Gasteiger partial charge in [0, 0.05) is 11.5 Å². The third-order valence-electron chi connectivity index (χ3n) is 5.51. The maximum Gasteiger partial charge on any atom is 0.147 e. The quantitative estimate of drug-likeness (QED) is 0.906. The minimum atomic E-state index is 0.0109. The first-order valence-corrected chi connectivity index (χ1v) is 8.65. The van der Waals surface area contributed by atoms with Crippen LogP contribution >= 0.6 is 0 Å². The number of nitrogens with zero attached hydrogens (tertiary/aromatic N) is 3. The molecule has 3 rings (SSSR count). The van der Waals surface area contributed by atoms with E-state index in [1.807, 2.05) is 0 Å². The Balaban J connectivity index is 1.85. The molecule has 4 heteroatoms. The zero-order chi connectivity index (χ0) is 15.0. The van der Waals surface area contributed by atoms with Crippen molar-refractivity contribution in [2.24, 2.45) is 17.6 Å². The number of hydrogen-bond donors (Lipinski definition) is 1. The van der Waals surface area contributed by atoms with E-state index in [2.05, 4.69) is 35.5 Å². The van der Waals surface area contributed by atoms with Crippen molar-refractivity contribution in [2.45, 2.75) is 83.7 Å². The van der Waals surface area contributed by atoms with Gasteiger partial charge in [-0.15, -0.1) is 10.2 Å². The van der Waals surface area contributed by atoms with Crippen molar-refractivity contribution in [1.29, 1.82) is 0 Å². The number of hydrogen-bond acceptors (Lipinski definition) is 3. The van der Waals surface area contributed by atoms with Crippen molar-refractivity contribution < 1.29 is 0 Å². The predicted molar refractivity (Wildman–Crippen MR) is 84.9 cm³/mol. The second-order valence-electron chi connectivity index (χ2n) is 8.00. The summed E-state index contributed by atoms with van der Waals surface area (Å²) in [4.78, 5) is 0. The Bertz CT molecular complexity index is 485. The average molecular weight is 290 g/mol. The van der Waals surface area contributed by atoms with Crippen LogP contribution in [0.3, 0.4) is 0 Å². The third-order valence-corrected chi connectivity index (χ3v) is 5.51. The molecule has 118 valence electrons. The molecule has 1 heterocycles. The van der Waals surface area contributed by atoms with Crippen LogP contribution in [-0.2, 0) is 12.1 Å². The van der Waals surface area contributed by atoms with Gasteiger partial charge >= 0.3 is 0 Å². The highest BCUT2D eigenvalue weighted by molar-refractivity contribution is 5.08. The Morgan fingerprint density at radius 2 is 1.76 bits per heavy atom. The van der Waals surface area contributed by atoms with E-state index in [1.54, 1.807) is 0 Å². The van der Waals surface area contributed by atoms with Crippen molar-refractivity contribution in [2.75, 3.05) is 0 Å². The van der Waals surface area contributed by atoms with E-state index >= 15 is 0 Å². The van der Waals surface area contributed by atoms with Gasteiger partial charge in [-0.3, -0.25) is 0 Å². The van der Waals surface area contributed by atoms with Crippen molar-refractivity contribution in [3.63, 3.8) is 0 Å². The van der Waals surface area contributed by atoms with Gasteiger partial charge in [-0.1, -0.05) is 25.7 Å². The first-order valence-electron chi connectivity index (χ1n) is 8.65. The van der Waals surface area contributed by atoms with E-state index in [1.165, 1.54) is 50.8 Å². The van der Waals surface area contributed by atoms with Crippen LogP contribution in [0.2, 0.25) is 0 Å². The molecule has 2 fully saturated rings. The summed E-state index contributed by atoms with van der Waals surface area (Å²) in [6.45, 7) is 7.16. The molecular weight excluding hydrogens is 260 g/mol. The van der Waals surface area contributed by atoms with Gasteiger partial charge in [0.15, 0.2) is 0 Å². The van der Waals surface area contributed by atoms with Crippen molar-refractivity contribution in [3.05, 3.63) is 11.6 Å². The molecule has 0 saturated heterocycles. The van der Waals surface area contributed by atoms with Crippen LogP contribution in [0.1, 0.15) is 83.3 Å². The van der Waals surface area contributed by atoms with E-state index in [9.17, 15) is 0 Å². The lowest BCUT2D eigenvalue weighted by molar-refractivity contribution is 0.149. The second kappa shape index (κ2) is 5.71. The first kappa shape index (κ1) is 15.0. The average Bonchev–Trinajstić information content (AvgIpc) is 2.91. The third kappa shape index (κ3) is 2.87. The molecule has 3 unspecified atom stereocenters. The van der Waals surface area contributed by atoms with Gasteiger partial charge in [0.1, 0.15) is 11.6 Å². The first-order chi connectivity index (χ1) is 10.0. The Morgan fingerprint density at radius 1 is 1.05 bits per heavy atom. The van der Waals surface area contributed by atoms with E-state index in [4.69, 9.17) is 5.73 Å². The van der Waals surface area contributed by atoms with Gasteiger partial charge in [-0.05, 0) is 51.9 Å². The Labute approximate surface area is 128 Å². The molecule has 2 aliphatic carbocycles. The van der Waals surface area contributed by atoms with Gasteiger partial charge in [0.2, 0.25) is 0 Å². The summed E-state index contributed by atoms with van der Waals surface area (Å²) in [6.07, 6.45) is 9.72. The van der Waals surface area contributed by atoms with Crippen molar-refractivity contribution >= 4 is 0 Å². The lowest BCUT2D eigenvalue weighted by Crippen LogP contribution is -2.32. The lowest BCUT2D eigenvalue weighted by Gasteiger charge is -2.39. The van der Waals surface area contributed by atoms with E-state index < -0.39 is 0 Å². The molecule has 2 aliphatic rings. The highest BCUT2D eigenvalue weighted by Crippen LogP contribution is 2.46. The topological polar surface area (TPSA) is 56.7 Å². The fourth-order valence-corrected chi connectivity index (χ4v) is 4.57. The number of fused-ring (bicyclic) bond motifs is 1. The molecule has 2 N–H and O–H groups in total. The fraction of sp³-hybridized carbons (Fsp3) is 0.882. The summed E-state index contributed by atoms with van der Waals surface area (Å²) in [5.74, 6) is 4.60. The van der Waals surface area contributed by atoms with E-state index in [0.717, 1.165) is 17.7 Å². The Hall–Kier alpha value is -0.900. The maximum atomic E-state index is 5.87. The molecule has 1 aromatic heterocycles. The summed E-state index contributed by atoms with van der Waals surface area (Å²) in [7, 11) is 0. The van der Waals surface area contributed by atoms with E-state index in [0.29, 0.717) is 12.5 Å². The van der Waals surface area contributed by atoms with Gasteiger partial charge in [0.25, 0.3) is 0 Å². The molecule has 4 nitrogen and oxygen atoms in total. The van der Waals surface area contributed by atoms with Gasteiger partial charge in [0.05, 0.1) is 6.54 Å². The standard InChI is InChI=1S/C17H30N4/c1-17(2,3)21-15(11-18)19-20-16(21)14-9-8-12-6-4-5-7-13(12)10-14/h12-14H,4-11,18H2,1-3H3. The van der Waals surface area contributed by atoms with E-state index in [-0.39, 0.29) is 5.54 Å². The Kier molecular flexibility index (Phi) is 4.08. The normalized spacial score (nSPS) is 30.2. The van der Waals surface area contributed by atoms with Crippen LogP contribution in [0, 0.1) is 11.8 Å². The van der Waals surface area contributed by atoms with Crippen LogP contribution in [0.15, 0.2) is 0 Å². The smallest absolute Gasteiger partial charge is 0.147 e. The molecule has 0 aromatic carbocycles. The van der Waals surface area contributed by atoms with Gasteiger partial charge in [-0.2, -0.15) is 0 Å². The van der Waals surface area contributed by atoms with Crippen LogP contribution in [0.25, 0.3) is 0 Å². The highest BCUT2D eigenvalue weighted by Gasteiger charge is 2.36. The SMILES string of the molecule is CC(C)(C)n1c(CN)nnc1C1CCC2CCCCC2C1. The number of nitrogens with two attached hydrogens (primary N) is 1. The monoisotopic (exact) mass is 290 g/mol. The lowest BCUT2D eigenvalue weighted by atomic mass is 9.67. The molecule has 1 aromatic rings. The number of aromatic nitrogens is 3. The zero-order valence-corrected chi connectivity index (χ0v) is 13.8. The minimum absolute atomic E-state index is 0.0109. The molecular formula is C17H30N4. The molecule has 0 aliphatic heterocycles. The van der Waals surface area contributed by atoms with Crippen LogP contribution in [0.5, 0.6) is 0 Å². The zero-order valence-electron chi connectivity index (χ0n) is 13.8. The summed E-state index contributed by atoms with van der Waals surface area (Å²) in [5, 5.41) is 8.92. The molecule has 2 saturated carbocycles. The molecule has 0 bridgehead atoms. The van der Waals surface area contributed by atoms with Crippen molar-refractivity contribution in [1.82, 2.24) is 14.8 Å².